The van der Waals surface area contributed by atoms with Gasteiger partial charge in [0.1, 0.15) is 0 Å². The minimum absolute atomic E-state index is 0.153. The first kappa shape index (κ1) is 14.4. The van der Waals surface area contributed by atoms with Crippen LogP contribution in [0.1, 0.15) is 22.8 Å². The molecule has 114 valence electrons. The molecule has 1 amide bonds. The first-order chi connectivity index (χ1) is 10.6. The Balaban J connectivity index is 1.60. The normalized spacial score (nSPS) is 14.5. The van der Waals surface area contributed by atoms with Crippen LogP contribution in [-0.4, -0.2) is 25.0 Å². The standard InChI is InChI=1S/C17H19N3O2/c1-13(20-11-8-14-4-2-3-5-16(14)20)12-18-17(21)15-6-9-19(22)10-7-15/h2-7,9-10,13H,8,11-12H2,1H3,(H,18,21)/t13-/m1/s1. The summed E-state index contributed by atoms with van der Waals surface area (Å²) >= 11 is 0. The van der Waals surface area contributed by atoms with E-state index in [9.17, 15) is 10.0 Å². The molecule has 1 aliphatic rings. The van der Waals surface area contributed by atoms with Gasteiger partial charge in [-0.25, -0.2) is 0 Å². The van der Waals surface area contributed by atoms with Gasteiger partial charge in [-0.05, 0) is 25.0 Å². The zero-order valence-corrected chi connectivity index (χ0v) is 12.5. The van der Waals surface area contributed by atoms with Crippen molar-refractivity contribution < 1.29 is 9.52 Å². The van der Waals surface area contributed by atoms with Gasteiger partial charge in [-0.1, -0.05) is 18.2 Å². The number of fused-ring (bicyclic) bond motifs is 1. The molecule has 5 nitrogen and oxygen atoms in total. The number of benzene rings is 1. The highest BCUT2D eigenvalue weighted by Crippen LogP contribution is 2.28. The van der Waals surface area contributed by atoms with Crippen molar-refractivity contribution in [2.24, 2.45) is 0 Å². The lowest BCUT2D eigenvalue weighted by Crippen LogP contribution is -2.41. The average Bonchev–Trinajstić information content (AvgIpc) is 2.97. The molecule has 1 aromatic heterocycles. The molecule has 0 aliphatic carbocycles. The summed E-state index contributed by atoms with van der Waals surface area (Å²) in [6, 6.07) is 11.7. The highest BCUT2D eigenvalue weighted by molar-refractivity contribution is 5.93. The van der Waals surface area contributed by atoms with Crippen molar-refractivity contribution >= 4 is 11.6 Å². The SMILES string of the molecule is C[C@H](CNC(=O)c1cc[n+]([O-])cc1)N1CCc2ccccc21. The van der Waals surface area contributed by atoms with E-state index >= 15 is 0 Å². The number of amides is 1. The first-order valence-corrected chi connectivity index (χ1v) is 7.47. The van der Waals surface area contributed by atoms with Gasteiger partial charge >= 0.3 is 0 Å². The third-order valence-electron chi connectivity index (χ3n) is 4.08. The molecule has 0 bridgehead atoms. The van der Waals surface area contributed by atoms with Gasteiger partial charge in [-0.2, -0.15) is 4.73 Å². The van der Waals surface area contributed by atoms with Crippen LogP contribution in [0.25, 0.3) is 0 Å². The second kappa shape index (κ2) is 6.05. The summed E-state index contributed by atoms with van der Waals surface area (Å²) in [6.45, 7) is 3.66. The molecular formula is C17H19N3O2. The number of carbonyl (C=O) groups excluding carboxylic acids is 1. The molecule has 0 saturated carbocycles. The van der Waals surface area contributed by atoms with Crippen molar-refractivity contribution in [1.29, 1.82) is 0 Å². The van der Waals surface area contributed by atoms with Gasteiger partial charge in [0.15, 0.2) is 12.4 Å². The molecule has 3 rings (SSSR count). The number of anilines is 1. The average molecular weight is 297 g/mol. The molecule has 5 heteroatoms. The van der Waals surface area contributed by atoms with E-state index < -0.39 is 0 Å². The molecule has 2 aromatic rings. The third-order valence-corrected chi connectivity index (χ3v) is 4.08. The molecule has 2 heterocycles. The zero-order valence-electron chi connectivity index (χ0n) is 12.5. The summed E-state index contributed by atoms with van der Waals surface area (Å²) in [5, 5.41) is 13.9. The third kappa shape index (κ3) is 2.88. The van der Waals surface area contributed by atoms with Gasteiger partial charge in [-0.3, -0.25) is 4.79 Å². The largest absolute Gasteiger partial charge is 0.619 e. The minimum atomic E-state index is -0.153. The van der Waals surface area contributed by atoms with E-state index in [1.807, 2.05) is 6.07 Å². The fraction of sp³-hybridized carbons (Fsp3) is 0.294. The van der Waals surface area contributed by atoms with Crippen molar-refractivity contribution in [2.75, 3.05) is 18.0 Å². The highest BCUT2D eigenvalue weighted by atomic mass is 16.5. The van der Waals surface area contributed by atoms with Gasteiger partial charge < -0.3 is 15.4 Å². The van der Waals surface area contributed by atoms with Gasteiger partial charge in [0.2, 0.25) is 0 Å². The molecule has 0 saturated heterocycles. The molecule has 0 spiro atoms. The lowest BCUT2D eigenvalue weighted by Gasteiger charge is -2.27. The van der Waals surface area contributed by atoms with E-state index in [4.69, 9.17) is 0 Å². The van der Waals surface area contributed by atoms with E-state index in [1.165, 1.54) is 35.8 Å². The topological polar surface area (TPSA) is 59.3 Å². The zero-order chi connectivity index (χ0) is 15.5. The van der Waals surface area contributed by atoms with Gasteiger partial charge in [-0.15, -0.1) is 0 Å². The summed E-state index contributed by atoms with van der Waals surface area (Å²) in [7, 11) is 0. The summed E-state index contributed by atoms with van der Waals surface area (Å²) < 4.78 is 0.667. The summed E-state index contributed by atoms with van der Waals surface area (Å²) in [6.07, 6.45) is 3.71. The van der Waals surface area contributed by atoms with Crippen LogP contribution in [0.4, 0.5) is 5.69 Å². The number of para-hydroxylation sites is 1. The van der Waals surface area contributed by atoms with Crippen molar-refractivity contribution in [3.05, 3.63) is 65.1 Å². The van der Waals surface area contributed by atoms with E-state index in [0.717, 1.165) is 13.0 Å². The van der Waals surface area contributed by atoms with Crippen LogP contribution in [0.3, 0.4) is 0 Å². The molecule has 22 heavy (non-hydrogen) atoms. The monoisotopic (exact) mass is 297 g/mol. The number of nitrogens with zero attached hydrogens (tertiary/aromatic N) is 2. The molecule has 0 radical (unpaired) electrons. The van der Waals surface area contributed by atoms with Gasteiger partial charge in [0.05, 0.1) is 5.56 Å². The Morgan fingerprint density at radius 3 is 2.82 bits per heavy atom. The number of carbonyl (C=O) groups is 1. The number of hydrogen-bond acceptors (Lipinski definition) is 3. The Bertz CT molecular complexity index is 670. The number of aromatic nitrogens is 1. The molecule has 0 unspecified atom stereocenters. The predicted molar refractivity (Wildman–Crippen MR) is 84.7 cm³/mol. The highest BCUT2D eigenvalue weighted by Gasteiger charge is 2.23. The van der Waals surface area contributed by atoms with Crippen molar-refractivity contribution in [1.82, 2.24) is 5.32 Å². The van der Waals surface area contributed by atoms with Crippen LogP contribution in [0.2, 0.25) is 0 Å². The Kier molecular flexibility index (Phi) is 3.96. The Hall–Kier alpha value is -2.56. The van der Waals surface area contributed by atoms with E-state index in [0.29, 0.717) is 16.8 Å². The smallest absolute Gasteiger partial charge is 0.251 e. The van der Waals surface area contributed by atoms with Crippen LogP contribution in [0, 0.1) is 5.21 Å². The predicted octanol–water partition coefficient (Wildman–Crippen LogP) is 1.50. The number of pyridine rings is 1. The summed E-state index contributed by atoms with van der Waals surface area (Å²) in [5.74, 6) is -0.153. The fourth-order valence-corrected chi connectivity index (χ4v) is 2.84. The lowest BCUT2D eigenvalue weighted by molar-refractivity contribution is -0.605. The van der Waals surface area contributed by atoms with Crippen molar-refractivity contribution in [3.63, 3.8) is 0 Å². The Morgan fingerprint density at radius 2 is 2.05 bits per heavy atom. The maximum absolute atomic E-state index is 12.1. The second-order valence-electron chi connectivity index (χ2n) is 5.58. The van der Waals surface area contributed by atoms with Crippen molar-refractivity contribution in [2.45, 2.75) is 19.4 Å². The van der Waals surface area contributed by atoms with Crippen molar-refractivity contribution in [3.8, 4) is 0 Å². The minimum Gasteiger partial charge on any atom is -0.619 e. The van der Waals surface area contributed by atoms with Crippen LogP contribution in [-0.2, 0) is 6.42 Å². The first-order valence-electron chi connectivity index (χ1n) is 7.47. The van der Waals surface area contributed by atoms with Crippen LogP contribution >= 0.6 is 0 Å². The summed E-state index contributed by atoms with van der Waals surface area (Å²) in [5.41, 5.74) is 3.13. The lowest BCUT2D eigenvalue weighted by atomic mass is 10.1. The maximum atomic E-state index is 12.1. The molecule has 1 aliphatic heterocycles. The number of hydrogen-bond donors (Lipinski definition) is 1. The maximum Gasteiger partial charge on any atom is 0.251 e. The Morgan fingerprint density at radius 1 is 1.32 bits per heavy atom. The summed E-state index contributed by atoms with van der Waals surface area (Å²) in [4.78, 5) is 14.4. The van der Waals surface area contributed by atoms with Crippen LogP contribution in [0.15, 0.2) is 48.8 Å². The number of rotatable bonds is 4. The van der Waals surface area contributed by atoms with Crippen LogP contribution in [0.5, 0.6) is 0 Å². The van der Waals surface area contributed by atoms with E-state index in [1.54, 1.807) is 0 Å². The second-order valence-corrected chi connectivity index (χ2v) is 5.58. The van der Waals surface area contributed by atoms with E-state index in [-0.39, 0.29) is 11.9 Å². The van der Waals surface area contributed by atoms with E-state index in [2.05, 4.69) is 35.3 Å². The molecule has 0 fully saturated rings. The molecular weight excluding hydrogens is 278 g/mol. The van der Waals surface area contributed by atoms with Gasteiger partial charge in [0, 0.05) is 37.0 Å². The van der Waals surface area contributed by atoms with Gasteiger partial charge in [0.25, 0.3) is 5.91 Å². The Labute approximate surface area is 129 Å². The molecule has 1 atom stereocenters. The molecule has 1 N–H and O–H groups in total. The molecule has 1 aromatic carbocycles. The fourth-order valence-electron chi connectivity index (χ4n) is 2.84. The van der Waals surface area contributed by atoms with Crippen LogP contribution < -0.4 is 14.9 Å². The quantitative estimate of drug-likeness (QED) is 0.687. The number of nitrogens with one attached hydrogen (secondary N) is 1.